The van der Waals surface area contributed by atoms with Gasteiger partial charge in [-0.1, -0.05) is 36.4 Å². The number of rotatable bonds is 3. The summed E-state index contributed by atoms with van der Waals surface area (Å²) in [5.41, 5.74) is 2.76. The van der Waals surface area contributed by atoms with Crippen molar-refractivity contribution in [1.82, 2.24) is 0 Å². The molecule has 3 aromatic rings. The molecule has 130 valence electrons. The van der Waals surface area contributed by atoms with E-state index in [-0.39, 0.29) is 11.7 Å². The molecule has 4 rings (SSSR count). The molecule has 0 saturated carbocycles. The van der Waals surface area contributed by atoms with Crippen LogP contribution in [0.4, 0.5) is 15.8 Å². The van der Waals surface area contributed by atoms with Crippen LogP contribution in [0.1, 0.15) is 22.1 Å². The first-order valence-electron chi connectivity index (χ1n) is 8.26. The van der Waals surface area contributed by atoms with E-state index in [1.165, 1.54) is 12.1 Å². The number of methoxy groups -OCH3 is 1. The molecule has 1 amide bonds. The summed E-state index contributed by atoms with van der Waals surface area (Å²) in [5.74, 6) is 0.132. The number of benzene rings is 3. The molecule has 0 saturated heterocycles. The van der Waals surface area contributed by atoms with Gasteiger partial charge in [-0.05, 0) is 42.0 Å². The molecule has 1 aliphatic heterocycles. The minimum atomic E-state index is -0.478. The highest BCUT2D eigenvalue weighted by Gasteiger charge is 2.35. The molecule has 0 aromatic heterocycles. The van der Waals surface area contributed by atoms with Crippen LogP contribution in [0.5, 0.6) is 5.75 Å². The number of ether oxygens (including phenoxy) is 1. The highest BCUT2D eigenvalue weighted by Crippen LogP contribution is 2.40. The van der Waals surface area contributed by atoms with Gasteiger partial charge in [0, 0.05) is 5.69 Å². The molecule has 0 bridgehead atoms. The fourth-order valence-corrected chi connectivity index (χ4v) is 3.21. The van der Waals surface area contributed by atoms with E-state index in [2.05, 4.69) is 5.32 Å². The van der Waals surface area contributed by atoms with Crippen LogP contribution in [-0.2, 0) is 0 Å². The summed E-state index contributed by atoms with van der Waals surface area (Å²) in [5, 5.41) is 3.39. The Bertz CT molecular complexity index is 956. The molecule has 26 heavy (non-hydrogen) atoms. The summed E-state index contributed by atoms with van der Waals surface area (Å²) < 4.78 is 18.8. The highest BCUT2D eigenvalue weighted by molar-refractivity contribution is 6.12. The SMILES string of the molecule is COc1ccccc1N1C(=O)c2ccccc2N[C@H]1c1ccc(F)cc1. The number of hydrogen-bond donors (Lipinski definition) is 1. The summed E-state index contributed by atoms with van der Waals surface area (Å²) in [4.78, 5) is 14.9. The zero-order valence-corrected chi connectivity index (χ0v) is 14.1. The predicted molar refractivity (Wildman–Crippen MR) is 99.0 cm³/mol. The maximum absolute atomic E-state index is 13.4. The molecule has 0 unspecified atom stereocenters. The Kier molecular flexibility index (Phi) is 4.05. The smallest absolute Gasteiger partial charge is 0.262 e. The normalized spacial score (nSPS) is 16.0. The number of nitrogens with one attached hydrogen (secondary N) is 1. The Morgan fingerprint density at radius 1 is 0.962 bits per heavy atom. The van der Waals surface area contributed by atoms with Crippen LogP contribution in [-0.4, -0.2) is 13.0 Å². The number of nitrogens with zero attached hydrogens (tertiary/aromatic N) is 1. The van der Waals surface area contributed by atoms with Crippen molar-refractivity contribution in [3.8, 4) is 5.75 Å². The molecule has 4 nitrogen and oxygen atoms in total. The van der Waals surface area contributed by atoms with Crippen LogP contribution in [0, 0.1) is 5.82 Å². The van der Waals surface area contributed by atoms with E-state index in [0.29, 0.717) is 17.0 Å². The van der Waals surface area contributed by atoms with Crippen molar-refractivity contribution in [2.75, 3.05) is 17.3 Å². The number of fused-ring (bicyclic) bond motifs is 1. The number of carbonyl (C=O) groups is 1. The second-order valence-electron chi connectivity index (χ2n) is 5.99. The molecular weight excluding hydrogens is 331 g/mol. The Hall–Kier alpha value is -3.34. The zero-order chi connectivity index (χ0) is 18.1. The fraction of sp³-hybridized carbons (Fsp3) is 0.0952. The summed E-state index contributed by atoms with van der Waals surface area (Å²) in [6.45, 7) is 0. The minimum Gasteiger partial charge on any atom is -0.495 e. The molecule has 5 heteroatoms. The first-order valence-corrected chi connectivity index (χ1v) is 8.26. The topological polar surface area (TPSA) is 41.6 Å². The maximum Gasteiger partial charge on any atom is 0.262 e. The monoisotopic (exact) mass is 348 g/mol. The van der Waals surface area contributed by atoms with Gasteiger partial charge < -0.3 is 10.1 Å². The van der Waals surface area contributed by atoms with Gasteiger partial charge in [0.1, 0.15) is 17.7 Å². The lowest BCUT2D eigenvalue weighted by Crippen LogP contribution is -2.43. The van der Waals surface area contributed by atoms with E-state index in [4.69, 9.17) is 4.74 Å². The van der Waals surface area contributed by atoms with Gasteiger partial charge in [-0.15, -0.1) is 0 Å². The van der Waals surface area contributed by atoms with Crippen LogP contribution in [0.3, 0.4) is 0 Å². The van der Waals surface area contributed by atoms with E-state index in [9.17, 15) is 9.18 Å². The number of amides is 1. The van der Waals surface area contributed by atoms with E-state index in [0.717, 1.165) is 11.3 Å². The lowest BCUT2D eigenvalue weighted by molar-refractivity contribution is 0.0974. The minimum absolute atomic E-state index is 0.141. The third-order valence-corrected chi connectivity index (χ3v) is 4.46. The number of carbonyl (C=O) groups excluding carboxylic acids is 1. The Labute approximate surface area is 150 Å². The number of para-hydroxylation sites is 3. The Morgan fingerprint density at radius 2 is 1.65 bits per heavy atom. The van der Waals surface area contributed by atoms with Crippen LogP contribution < -0.4 is 15.0 Å². The van der Waals surface area contributed by atoms with Crippen molar-refractivity contribution in [2.24, 2.45) is 0 Å². The molecule has 1 atom stereocenters. The second-order valence-corrected chi connectivity index (χ2v) is 5.99. The molecule has 1 N–H and O–H groups in total. The van der Waals surface area contributed by atoms with Crippen LogP contribution in [0.25, 0.3) is 0 Å². The van der Waals surface area contributed by atoms with Crippen molar-refractivity contribution in [2.45, 2.75) is 6.17 Å². The van der Waals surface area contributed by atoms with Gasteiger partial charge in [0.15, 0.2) is 0 Å². The largest absolute Gasteiger partial charge is 0.495 e. The number of halogens is 1. The standard InChI is InChI=1S/C21H17FN2O2/c1-26-19-9-5-4-8-18(19)24-20(14-10-12-15(22)13-11-14)23-17-7-3-2-6-16(17)21(24)25/h2-13,20,23H,1H3/t20-/m1/s1. The van der Waals surface area contributed by atoms with Crippen LogP contribution in [0.15, 0.2) is 72.8 Å². The average Bonchev–Trinajstić information content (AvgIpc) is 2.68. The van der Waals surface area contributed by atoms with Gasteiger partial charge in [-0.2, -0.15) is 0 Å². The zero-order valence-electron chi connectivity index (χ0n) is 14.1. The van der Waals surface area contributed by atoms with Gasteiger partial charge in [0.05, 0.1) is 18.4 Å². The lowest BCUT2D eigenvalue weighted by Gasteiger charge is -2.38. The summed E-state index contributed by atoms with van der Waals surface area (Å²) in [7, 11) is 1.57. The van der Waals surface area contributed by atoms with E-state index >= 15 is 0 Å². The van der Waals surface area contributed by atoms with E-state index < -0.39 is 6.17 Å². The third-order valence-electron chi connectivity index (χ3n) is 4.46. The van der Waals surface area contributed by atoms with Crippen LogP contribution >= 0.6 is 0 Å². The molecule has 0 aliphatic carbocycles. The van der Waals surface area contributed by atoms with Gasteiger partial charge in [-0.3, -0.25) is 9.69 Å². The fourth-order valence-electron chi connectivity index (χ4n) is 3.21. The number of hydrogen-bond acceptors (Lipinski definition) is 3. The van der Waals surface area contributed by atoms with Gasteiger partial charge >= 0.3 is 0 Å². The first kappa shape index (κ1) is 16.1. The lowest BCUT2D eigenvalue weighted by atomic mass is 10.0. The Morgan fingerprint density at radius 3 is 2.42 bits per heavy atom. The average molecular weight is 348 g/mol. The van der Waals surface area contributed by atoms with Crippen molar-refractivity contribution in [1.29, 1.82) is 0 Å². The van der Waals surface area contributed by atoms with Crippen molar-refractivity contribution >= 4 is 17.3 Å². The van der Waals surface area contributed by atoms with Gasteiger partial charge in [-0.25, -0.2) is 4.39 Å². The predicted octanol–water partition coefficient (Wildman–Crippen LogP) is 4.61. The molecule has 0 radical (unpaired) electrons. The Balaban J connectivity index is 1.89. The van der Waals surface area contributed by atoms with Crippen LogP contribution in [0.2, 0.25) is 0 Å². The molecule has 1 heterocycles. The summed E-state index contributed by atoms with van der Waals surface area (Å²) in [6.07, 6.45) is -0.478. The first-order chi connectivity index (χ1) is 12.7. The second kappa shape index (κ2) is 6.52. The van der Waals surface area contributed by atoms with Gasteiger partial charge in [0.25, 0.3) is 5.91 Å². The van der Waals surface area contributed by atoms with Gasteiger partial charge in [0.2, 0.25) is 0 Å². The molecule has 1 aliphatic rings. The highest BCUT2D eigenvalue weighted by atomic mass is 19.1. The maximum atomic E-state index is 13.4. The van der Waals surface area contributed by atoms with Crippen molar-refractivity contribution < 1.29 is 13.9 Å². The molecule has 3 aromatic carbocycles. The number of anilines is 2. The molecule has 0 fully saturated rings. The van der Waals surface area contributed by atoms with E-state index in [1.54, 1.807) is 30.2 Å². The summed E-state index contributed by atoms with van der Waals surface area (Å²) >= 11 is 0. The van der Waals surface area contributed by atoms with Crippen molar-refractivity contribution in [3.05, 3.63) is 89.7 Å². The molecular formula is C21H17FN2O2. The van der Waals surface area contributed by atoms with E-state index in [1.807, 2.05) is 42.5 Å². The van der Waals surface area contributed by atoms with Crippen molar-refractivity contribution in [3.63, 3.8) is 0 Å². The summed E-state index contributed by atoms with van der Waals surface area (Å²) in [6, 6.07) is 20.8. The quantitative estimate of drug-likeness (QED) is 0.752. The molecule has 0 spiro atoms. The third kappa shape index (κ3) is 2.67.